The lowest BCUT2D eigenvalue weighted by Gasteiger charge is -2.47. The molecule has 2 aliphatic carbocycles. The molecule has 1 aromatic carbocycles. The number of carboxylic acids is 1. The number of hydrogen-bond donors (Lipinski definition) is 3. The molecule has 0 aromatic heterocycles. The molecule has 4 N–H and O–H groups in total. The molecule has 3 rings (SSSR count). The van der Waals surface area contributed by atoms with Crippen LogP contribution in [-0.2, 0) is 11.2 Å². The van der Waals surface area contributed by atoms with Gasteiger partial charge in [-0.3, -0.25) is 4.79 Å². The van der Waals surface area contributed by atoms with E-state index in [2.05, 4.69) is 36.4 Å². The molecule has 1 aromatic rings. The predicted molar refractivity (Wildman–Crippen MR) is 149 cm³/mol. The van der Waals surface area contributed by atoms with E-state index in [-0.39, 0.29) is 17.8 Å². The number of unbranched alkanes of at least 4 members (excludes halogenated alkanes) is 1. The molecule has 6 atom stereocenters. The van der Waals surface area contributed by atoms with E-state index >= 15 is 0 Å². The summed E-state index contributed by atoms with van der Waals surface area (Å²) in [6, 6.07) is 10.4. The first-order valence-corrected chi connectivity index (χ1v) is 14.8. The largest absolute Gasteiger partial charge is 0.481 e. The van der Waals surface area contributed by atoms with Gasteiger partial charge >= 0.3 is 5.97 Å². The van der Waals surface area contributed by atoms with Crippen LogP contribution in [0.4, 0.5) is 0 Å². The zero-order valence-corrected chi connectivity index (χ0v) is 22.6. The van der Waals surface area contributed by atoms with Crippen LogP contribution in [0.3, 0.4) is 0 Å². The van der Waals surface area contributed by atoms with Gasteiger partial charge in [0.05, 0.1) is 12.0 Å². The van der Waals surface area contributed by atoms with Crippen LogP contribution >= 0.6 is 0 Å². The molecule has 6 unspecified atom stereocenters. The van der Waals surface area contributed by atoms with Crippen molar-refractivity contribution in [3.8, 4) is 0 Å². The second kappa shape index (κ2) is 15.6. The van der Waals surface area contributed by atoms with Crippen molar-refractivity contribution in [1.82, 2.24) is 0 Å². The molecule has 4 nitrogen and oxygen atoms in total. The number of allylic oxidation sites excluding steroid dienone is 2. The Labute approximate surface area is 219 Å². The van der Waals surface area contributed by atoms with Crippen molar-refractivity contribution in [2.24, 2.45) is 41.2 Å². The van der Waals surface area contributed by atoms with Gasteiger partial charge in [-0.05, 0) is 106 Å². The number of carboxylic acid groups (broad SMARTS) is 1. The van der Waals surface area contributed by atoms with Crippen LogP contribution in [0.15, 0.2) is 42.5 Å². The Morgan fingerprint density at radius 3 is 2.33 bits per heavy atom. The SMILES string of the molecule is CC(O)C(C(=O)O)C1C(Cc2ccccc2)CCC(CCCC=CCCC2CCCCC2)C1CCN. The number of aliphatic carboxylic acids is 1. The highest BCUT2D eigenvalue weighted by molar-refractivity contribution is 5.71. The van der Waals surface area contributed by atoms with E-state index in [1.807, 2.05) is 6.07 Å². The summed E-state index contributed by atoms with van der Waals surface area (Å²) in [6.45, 7) is 2.22. The van der Waals surface area contributed by atoms with Gasteiger partial charge in [-0.25, -0.2) is 0 Å². The van der Waals surface area contributed by atoms with Crippen molar-refractivity contribution < 1.29 is 15.0 Å². The van der Waals surface area contributed by atoms with Crippen LogP contribution in [0.25, 0.3) is 0 Å². The highest BCUT2D eigenvalue weighted by atomic mass is 16.4. The van der Waals surface area contributed by atoms with E-state index < -0.39 is 18.0 Å². The topological polar surface area (TPSA) is 83.5 Å². The third-order valence-corrected chi connectivity index (χ3v) is 9.19. The predicted octanol–water partition coefficient (Wildman–Crippen LogP) is 7.01. The maximum absolute atomic E-state index is 12.4. The molecule has 0 heterocycles. The Morgan fingerprint density at radius 1 is 0.972 bits per heavy atom. The minimum atomic E-state index is -0.864. The summed E-state index contributed by atoms with van der Waals surface area (Å²) in [6.07, 6.45) is 20.8. The third kappa shape index (κ3) is 8.73. The summed E-state index contributed by atoms with van der Waals surface area (Å²) >= 11 is 0. The molecular weight excluding hydrogens is 446 g/mol. The van der Waals surface area contributed by atoms with Gasteiger partial charge in [0, 0.05) is 0 Å². The van der Waals surface area contributed by atoms with Crippen LogP contribution in [0, 0.1) is 35.5 Å². The van der Waals surface area contributed by atoms with Crippen molar-refractivity contribution in [3.63, 3.8) is 0 Å². The van der Waals surface area contributed by atoms with E-state index in [1.165, 1.54) is 50.5 Å². The maximum atomic E-state index is 12.4. The van der Waals surface area contributed by atoms with Crippen molar-refractivity contribution in [3.05, 3.63) is 48.0 Å². The van der Waals surface area contributed by atoms with Gasteiger partial charge in [-0.2, -0.15) is 0 Å². The van der Waals surface area contributed by atoms with Gasteiger partial charge in [0.1, 0.15) is 0 Å². The normalized spacial score (nSPS) is 27.2. The summed E-state index contributed by atoms with van der Waals surface area (Å²) in [5.41, 5.74) is 7.34. The molecular formula is C32H51NO3. The lowest BCUT2D eigenvalue weighted by atomic mass is 9.58. The molecule has 2 aliphatic rings. The molecule has 0 bridgehead atoms. The highest BCUT2D eigenvalue weighted by Crippen LogP contribution is 2.48. The first-order chi connectivity index (χ1) is 17.5. The average molecular weight is 498 g/mol. The standard InChI is InChI=1S/C32H51NO3/c1-24(34)30(32(35)36)31-28(23-26-16-10-6-11-17-26)20-19-27(29(31)21-22-33)18-12-4-2-3-7-13-25-14-8-5-9-15-25/h2-3,6,10-11,16-17,24-25,27-31,34H,4-5,7-9,12-15,18-23,33H2,1H3,(H,35,36). The monoisotopic (exact) mass is 497 g/mol. The Hall–Kier alpha value is -1.65. The van der Waals surface area contributed by atoms with Crippen LogP contribution < -0.4 is 5.73 Å². The zero-order valence-electron chi connectivity index (χ0n) is 22.6. The first kappa shape index (κ1) is 28.9. The number of hydrogen-bond acceptors (Lipinski definition) is 3. The van der Waals surface area contributed by atoms with Gasteiger partial charge in [-0.15, -0.1) is 0 Å². The van der Waals surface area contributed by atoms with Crippen LogP contribution in [0.5, 0.6) is 0 Å². The van der Waals surface area contributed by atoms with Crippen molar-refractivity contribution in [2.45, 2.75) is 103 Å². The average Bonchev–Trinajstić information content (AvgIpc) is 2.87. The molecule has 2 fully saturated rings. The number of benzene rings is 1. The molecule has 0 amide bonds. The fraction of sp³-hybridized carbons (Fsp3) is 0.719. The summed E-state index contributed by atoms with van der Waals surface area (Å²) in [5, 5.41) is 20.7. The fourth-order valence-corrected chi connectivity index (χ4v) is 7.43. The third-order valence-electron chi connectivity index (χ3n) is 9.19. The van der Waals surface area contributed by atoms with Crippen molar-refractivity contribution >= 4 is 5.97 Å². The minimum Gasteiger partial charge on any atom is -0.481 e. The number of aliphatic hydroxyl groups excluding tert-OH is 1. The van der Waals surface area contributed by atoms with Gasteiger partial charge in [-0.1, -0.05) is 74.6 Å². The lowest BCUT2D eigenvalue weighted by Crippen LogP contribution is -2.47. The summed E-state index contributed by atoms with van der Waals surface area (Å²) in [7, 11) is 0. The van der Waals surface area contributed by atoms with Crippen molar-refractivity contribution in [1.29, 1.82) is 0 Å². The zero-order chi connectivity index (χ0) is 25.8. The molecule has 2 saturated carbocycles. The molecule has 36 heavy (non-hydrogen) atoms. The minimum absolute atomic E-state index is 0.0453. The highest BCUT2D eigenvalue weighted by Gasteiger charge is 2.46. The number of aliphatic hydroxyl groups is 1. The van der Waals surface area contributed by atoms with Gasteiger partial charge in [0.15, 0.2) is 0 Å². The molecule has 0 spiro atoms. The smallest absolute Gasteiger partial charge is 0.309 e. The number of rotatable bonds is 14. The summed E-state index contributed by atoms with van der Waals surface area (Å²) < 4.78 is 0. The first-order valence-electron chi connectivity index (χ1n) is 14.8. The quantitative estimate of drug-likeness (QED) is 0.191. The van der Waals surface area contributed by atoms with E-state index in [0.717, 1.165) is 50.9 Å². The Bertz CT molecular complexity index is 771. The second-order valence-corrected chi connectivity index (χ2v) is 11.7. The second-order valence-electron chi connectivity index (χ2n) is 11.7. The van der Waals surface area contributed by atoms with E-state index in [4.69, 9.17) is 5.73 Å². The van der Waals surface area contributed by atoms with E-state index in [9.17, 15) is 15.0 Å². The maximum Gasteiger partial charge on any atom is 0.309 e. The summed E-state index contributed by atoms with van der Waals surface area (Å²) in [5.74, 6) is 0.297. The van der Waals surface area contributed by atoms with Gasteiger partial charge in [0.2, 0.25) is 0 Å². The molecule has 0 radical (unpaired) electrons. The van der Waals surface area contributed by atoms with Crippen molar-refractivity contribution in [2.75, 3.05) is 6.54 Å². The van der Waals surface area contributed by atoms with E-state index in [0.29, 0.717) is 12.5 Å². The molecule has 202 valence electrons. The fourth-order valence-electron chi connectivity index (χ4n) is 7.43. The van der Waals surface area contributed by atoms with Crippen LogP contribution in [-0.4, -0.2) is 28.8 Å². The Balaban J connectivity index is 1.60. The number of nitrogens with two attached hydrogens (primary N) is 1. The lowest BCUT2D eigenvalue weighted by molar-refractivity contribution is -0.153. The Morgan fingerprint density at radius 2 is 1.67 bits per heavy atom. The molecule has 4 heteroatoms. The van der Waals surface area contributed by atoms with Crippen LogP contribution in [0.1, 0.15) is 96.0 Å². The van der Waals surface area contributed by atoms with Gasteiger partial charge < -0.3 is 15.9 Å². The van der Waals surface area contributed by atoms with Gasteiger partial charge in [0.25, 0.3) is 0 Å². The summed E-state index contributed by atoms with van der Waals surface area (Å²) in [4.78, 5) is 12.4. The molecule has 0 aliphatic heterocycles. The van der Waals surface area contributed by atoms with E-state index in [1.54, 1.807) is 6.92 Å². The Kier molecular flexibility index (Phi) is 12.5. The number of carbonyl (C=O) groups is 1. The molecule has 0 saturated heterocycles. The van der Waals surface area contributed by atoms with Crippen LogP contribution in [0.2, 0.25) is 0 Å².